The standard InChI is InChI=1S/C13H11F3N2O3/c14-13(15,16)9-3-1-2-8(6-9)11(19)7-17-12(20)10-4-5-21-18-10/h1-6,11,19H,7H2,(H,17,20). The highest BCUT2D eigenvalue weighted by atomic mass is 19.4. The molecule has 0 radical (unpaired) electrons. The van der Waals surface area contributed by atoms with Crippen molar-refractivity contribution in [3.05, 3.63) is 53.4 Å². The molecule has 1 amide bonds. The third-order valence-electron chi connectivity index (χ3n) is 2.73. The fourth-order valence-corrected chi connectivity index (χ4v) is 1.65. The smallest absolute Gasteiger partial charge is 0.387 e. The van der Waals surface area contributed by atoms with Crippen LogP contribution in [0.25, 0.3) is 0 Å². The van der Waals surface area contributed by atoms with Gasteiger partial charge in [0.05, 0.1) is 11.7 Å². The zero-order chi connectivity index (χ0) is 15.5. The lowest BCUT2D eigenvalue weighted by atomic mass is 10.1. The van der Waals surface area contributed by atoms with Crippen LogP contribution in [0.4, 0.5) is 13.2 Å². The van der Waals surface area contributed by atoms with Crippen LogP contribution in [0.1, 0.15) is 27.7 Å². The predicted octanol–water partition coefficient (Wildman–Crippen LogP) is 2.16. The molecule has 0 fully saturated rings. The van der Waals surface area contributed by atoms with Crippen LogP contribution in [0.15, 0.2) is 41.1 Å². The molecule has 1 heterocycles. The SMILES string of the molecule is O=C(NCC(O)c1cccc(C(F)(F)F)c1)c1ccon1. The first kappa shape index (κ1) is 15.0. The van der Waals surface area contributed by atoms with Gasteiger partial charge in [-0.05, 0) is 17.7 Å². The van der Waals surface area contributed by atoms with Gasteiger partial charge in [0.15, 0.2) is 5.69 Å². The molecule has 112 valence electrons. The molecule has 0 spiro atoms. The molecule has 0 aliphatic rings. The molecule has 1 aromatic heterocycles. The van der Waals surface area contributed by atoms with E-state index in [2.05, 4.69) is 15.0 Å². The van der Waals surface area contributed by atoms with Gasteiger partial charge >= 0.3 is 6.18 Å². The average molecular weight is 300 g/mol. The molecule has 0 saturated heterocycles. The van der Waals surface area contributed by atoms with Crippen LogP contribution >= 0.6 is 0 Å². The number of benzene rings is 1. The summed E-state index contributed by atoms with van der Waals surface area (Å²) in [5.74, 6) is -0.588. The van der Waals surface area contributed by atoms with Gasteiger partial charge in [-0.1, -0.05) is 17.3 Å². The first-order valence-corrected chi connectivity index (χ1v) is 5.92. The largest absolute Gasteiger partial charge is 0.416 e. The summed E-state index contributed by atoms with van der Waals surface area (Å²) in [6.45, 7) is -0.243. The van der Waals surface area contributed by atoms with Crippen molar-refractivity contribution in [2.24, 2.45) is 0 Å². The zero-order valence-electron chi connectivity index (χ0n) is 10.6. The summed E-state index contributed by atoms with van der Waals surface area (Å²) < 4.78 is 42.2. The summed E-state index contributed by atoms with van der Waals surface area (Å²) in [6.07, 6.45) is -4.54. The third-order valence-corrected chi connectivity index (χ3v) is 2.73. The molecule has 1 atom stereocenters. The Balaban J connectivity index is 2.00. The van der Waals surface area contributed by atoms with E-state index >= 15 is 0 Å². The summed E-state index contributed by atoms with van der Waals surface area (Å²) in [5.41, 5.74) is -0.779. The second kappa shape index (κ2) is 5.96. The van der Waals surface area contributed by atoms with E-state index < -0.39 is 23.8 Å². The maximum absolute atomic E-state index is 12.6. The van der Waals surface area contributed by atoms with Crippen molar-refractivity contribution in [1.29, 1.82) is 0 Å². The van der Waals surface area contributed by atoms with Gasteiger partial charge in [-0.3, -0.25) is 4.79 Å². The number of aliphatic hydroxyl groups excluding tert-OH is 1. The Kier molecular flexibility index (Phi) is 4.27. The van der Waals surface area contributed by atoms with E-state index in [4.69, 9.17) is 0 Å². The Morgan fingerprint density at radius 3 is 2.76 bits per heavy atom. The van der Waals surface area contributed by atoms with Crippen molar-refractivity contribution in [1.82, 2.24) is 10.5 Å². The molecule has 8 heteroatoms. The Morgan fingerprint density at radius 1 is 1.38 bits per heavy atom. The van der Waals surface area contributed by atoms with Crippen molar-refractivity contribution in [2.75, 3.05) is 6.54 Å². The van der Waals surface area contributed by atoms with Crippen molar-refractivity contribution >= 4 is 5.91 Å². The molecule has 2 aromatic rings. The van der Waals surface area contributed by atoms with Crippen LogP contribution in [-0.2, 0) is 6.18 Å². The van der Waals surface area contributed by atoms with E-state index in [0.717, 1.165) is 12.1 Å². The Hall–Kier alpha value is -2.35. The van der Waals surface area contributed by atoms with Gasteiger partial charge in [-0.15, -0.1) is 0 Å². The lowest BCUT2D eigenvalue weighted by molar-refractivity contribution is -0.137. The maximum Gasteiger partial charge on any atom is 0.416 e. The summed E-state index contributed by atoms with van der Waals surface area (Å²) in [6, 6.07) is 5.62. The van der Waals surface area contributed by atoms with Gasteiger partial charge in [-0.2, -0.15) is 13.2 Å². The molecule has 2 N–H and O–H groups in total. The number of nitrogens with zero attached hydrogens (tertiary/aromatic N) is 1. The Labute approximate surface area is 117 Å². The van der Waals surface area contributed by atoms with Crippen molar-refractivity contribution < 1.29 is 27.6 Å². The lowest BCUT2D eigenvalue weighted by Gasteiger charge is -2.14. The number of amides is 1. The molecule has 2 rings (SSSR count). The molecule has 0 aliphatic heterocycles. The first-order valence-electron chi connectivity index (χ1n) is 5.92. The van der Waals surface area contributed by atoms with E-state index in [-0.39, 0.29) is 17.8 Å². The highest BCUT2D eigenvalue weighted by Gasteiger charge is 2.30. The van der Waals surface area contributed by atoms with Crippen LogP contribution in [0.2, 0.25) is 0 Å². The lowest BCUT2D eigenvalue weighted by Crippen LogP contribution is -2.28. The third kappa shape index (κ3) is 3.82. The van der Waals surface area contributed by atoms with Crippen LogP contribution < -0.4 is 5.32 Å². The minimum Gasteiger partial charge on any atom is -0.387 e. The fourth-order valence-electron chi connectivity index (χ4n) is 1.65. The molecule has 0 aliphatic carbocycles. The summed E-state index contributed by atoms with van der Waals surface area (Å²) in [4.78, 5) is 11.5. The number of nitrogens with one attached hydrogen (secondary N) is 1. The van der Waals surface area contributed by atoms with E-state index in [1.54, 1.807) is 0 Å². The molecule has 5 nitrogen and oxygen atoms in total. The van der Waals surface area contributed by atoms with Gasteiger partial charge < -0.3 is 14.9 Å². The molecule has 1 unspecified atom stereocenters. The van der Waals surface area contributed by atoms with Gasteiger partial charge in [0.25, 0.3) is 5.91 Å². The van der Waals surface area contributed by atoms with E-state index in [0.29, 0.717) is 0 Å². The average Bonchev–Trinajstić information content (AvgIpc) is 2.98. The van der Waals surface area contributed by atoms with Crippen LogP contribution in [0.3, 0.4) is 0 Å². The predicted molar refractivity (Wildman–Crippen MR) is 65.2 cm³/mol. The minimum atomic E-state index is -4.49. The first-order chi connectivity index (χ1) is 9.88. The molecular formula is C13H11F3N2O3. The second-order valence-corrected chi connectivity index (χ2v) is 4.23. The maximum atomic E-state index is 12.6. The topological polar surface area (TPSA) is 75.4 Å². The van der Waals surface area contributed by atoms with Crippen LogP contribution in [0.5, 0.6) is 0 Å². The monoisotopic (exact) mass is 300 g/mol. The van der Waals surface area contributed by atoms with Crippen molar-refractivity contribution in [3.63, 3.8) is 0 Å². The summed E-state index contributed by atoms with van der Waals surface area (Å²) in [5, 5.41) is 15.6. The van der Waals surface area contributed by atoms with Gasteiger partial charge in [-0.25, -0.2) is 0 Å². The Bertz CT molecular complexity index is 611. The number of alkyl halides is 3. The van der Waals surface area contributed by atoms with Gasteiger partial charge in [0, 0.05) is 12.6 Å². The van der Waals surface area contributed by atoms with Gasteiger partial charge in [0.2, 0.25) is 0 Å². The van der Waals surface area contributed by atoms with Crippen LogP contribution in [-0.4, -0.2) is 22.7 Å². The number of rotatable bonds is 4. The highest BCUT2D eigenvalue weighted by molar-refractivity contribution is 5.91. The molecule has 0 saturated carbocycles. The normalized spacial score (nSPS) is 13.0. The fraction of sp³-hybridized carbons (Fsp3) is 0.231. The number of aliphatic hydroxyl groups is 1. The van der Waals surface area contributed by atoms with E-state index in [9.17, 15) is 23.1 Å². The van der Waals surface area contributed by atoms with E-state index in [1.807, 2.05) is 0 Å². The van der Waals surface area contributed by atoms with Gasteiger partial charge in [0.1, 0.15) is 6.26 Å². The molecular weight excluding hydrogens is 289 g/mol. The quantitative estimate of drug-likeness (QED) is 0.907. The number of carbonyl (C=O) groups excluding carboxylic acids is 1. The summed E-state index contributed by atoms with van der Waals surface area (Å²) >= 11 is 0. The molecule has 1 aromatic carbocycles. The Morgan fingerprint density at radius 2 is 2.14 bits per heavy atom. The highest BCUT2D eigenvalue weighted by Crippen LogP contribution is 2.30. The second-order valence-electron chi connectivity index (χ2n) is 4.23. The van der Waals surface area contributed by atoms with Crippen LogP contribution in [0, 0.1) is 0 Å². The number of hydrogen-bond donors (Lipinski definition) is 2. The number of hydrogen-bond acceptors (Lipinski definition) is 4. The van der Waals surface area contributed by atoms with Crippen molar-refractivity contribution in [3.8, 4) is 0 Å². The summed E-state index contributed by atoms with van der Waals surface area (Å²) in [7, 11) is 0. The molecule has 0 bridgehead atoms. The minimum absolute atomic E-state index is 0.0197. The zero-order valence-corrected chi connectivity index (χ0v) is 10.6. The molecule has 21 heavy (non-hydrogen) atoms. The van der Waals surface area contributed by atoms with Crippen molar-refractivity contribution in [2.45, 2.75) is 12.3 Å². The number of carbonyl (C=O) groups is 1. The number of aromatic nitrogens is 1. The number of halogens is 3. The van der Waals surface area contributed by atoms with E-state index in [1.165, 1.54) is 24.5 Å².